The average Bonchev–Trinajstić information content (AvgIpc) is 2.42. The molecule has 0 radical (unpaired) electrons. The molecule has 76 valence electrons. The Bertz CT molecular complexity index is 346. The normalized spacial score (nSPS) is 18.1. The van der Waals surface area contributed by atoms with E-state index in [0.29, 0.717) is 13.1 Å². The zero-order chi connectivity index (χ0) is 10.1. The third-order valence-electron chi connectivity index (χ3n) is 2.31. The average molecular weight is 276 g/mol. The van der Waals surface area contributed by atoms with E-state index in [0.717, 1.165) is 11.0 Å². The largest absolute Gasteiger partial charge is 0.481 e. The van der Waals surface area contributed by atoms with Crippen LogP contribution in [-0.2, 0) is 11.3 Å². The van der Waals surface area contributed by atoms with E-state index in [4.69, 9.17) is 5.11 Å². The predicted octanol–water partition coefficient (Wildman–Crippen LogP) is 2.03. The van der Waals surface area contributed by atoms with Crippen molar-refractivity contribution >= 4 is 33.2 Å². The first-order chi connectivity index (χ1) is 6.65. The zero-order valence-corrected chi connectivity index (χ0v) is 9.84. The topological polar surface area (TPSA) is 40.5 Å². The van der Waals surface area contributed by atoms with Gasteiger partial charge in [-0.3, -0.25) is 9.69 Å². The van der Waals surface area contributed by atoms with Gasteiger partial charge >= 0.3 is 5.97 Å². The van der Waals surface area contributed by atoms with Crippen LogP contribution in [0.1, 0.15) is 4.88 Å². The van der Waals surface area contributed by atoms with E-state index in [1.807, 2.05) is 5.38 Å². The van der Waals surface area contributed by atoms with E-state index in [2.05, 4.69) is 26.9 Å². The second-order valence-corrected chi connectivity index (χ2v) is 5.37. The van der Waals surface area contributed by atoms with Crippen LogP contribution in [0, 0.1) is 5.92 Å². The fourth-order valence-electron chi connectivity index (χ4n) is 1.51. The quantitative estimate of drug-likeness (QED) is 0.918. The number of carboxylic acids is 1. The van der Waals surface area contributed by atoms with Gasteiger partial charge in [0.15, 0.2) is 0 Å². The standard InChI is InChI=1S/C9H10BrNO2S/c10-7-1-8(14-5-7)4-11-2-6(3-11)9(12)13/h1,5-6H,2-4H2,(H,12,13). The lowest BCUT2D eigenvalue weighted by atomic mass is 10.0. The molecule has 14 heavy (non-hydrogen) atoms. The van der Waals surface area contributed by atoms with Crippen molar-refractivity contribution in [3.05, 3.63) is 20.8 Å². The molecule has 0 saturated carbocycles. The van der Waals surface area contributed by atoms with Gasteiger partial charge in [0.25, 0.3) is 0 Å². The minimum Gasteiger partial charge on any atom is -0.481 e. The summed E-state index contributed by atoms with van der Waals surface area (Å²) in [6.45, 7) is 2.25. The minimum atomic E-state index is -0.673. The number of thiophene rings is 1. The fourth-order valence-corrected chi connectivity index (χ4v) is 3.00. The summed E-state index contributed by atoms with van der Waals surface area (Å²) in [4.78, 5) is 14.0. The molecule has 0 bridgehead atoms. The van der Waals surface area contributed by atoms with E-state index < -0.39 is 5.97 Å². The molecule has 1 aliphatic rings. The monoisotopic (exact) mass is 275 g/mol. The molecule has 1 saturated heterocycles. The first-order valence-electron chi connectivity index (χ1n) is 4.33. The van der Waals surface area contributed by atoms with Gasteiger partial charge in [0.1, 0.15) is 0 Å². The van der Waals surface area contributed by atoms with Crippen molar-refractivity contribution < 1.29 is 9.90 Å². The van der Waals surface area contributed by atoms with Crippen molar-refractivity contribution in [3.8, 4) is 0 Å². The summed E-state index contributed by atoms with van der Waals surface area (Å²) in [7, 11) is 0. The second-order valence-electron chi connectivity index (χ2n) is 3.46. The number of likely N-dealkylation sites (tertiary alicyclic amines) is 1. The molecule has 1 N–H and O–H groups in total. The highest BCUT2D eigenvalue weighted by Crippen LogP contribution is 2.24. The van der Waals surface area contributed by atoms with E-state index in [1.54, 1.807) is 11.3 Å². The van der Waals surface area contributed by atoms with Gasteiger partial charge in [-0.15, -0.1) is 11.3 Å². The highest BCUT2D eigenvalue weighted by Gasteiger charge is 2.32. The summed E-state index contributed by atoms with van der Waals surface area (Å²) < 4.78 is 1.10. The molecule has 0 unspecified atom stereocenters. The molecule has 2 rings (SSSR count). The second kappa shape index (κ2) is 4.00. The summed E-state index contributed by atoms with van der Waals surface area (Å²) in [5.74, 6) is -0.827. The molecular formula is C9H10BrNO2S. The number of carbonyl (C=O) groups is 1. The number of hydrogen-bond donors (Lipinski definition) is 1. The molecule has 0 aliphatic carbocycles. The summed E-state index contributed by atoms with van der Waals surface area (Å²) in [6.07, 6.45) is 0. The van der Waals surface area contributed by atoms with Crippen molar-refractivity contribution in [2.75, 3.05) is 13.1 Å². The first-order valence-corrected chi connectivity index (χ1v) is 6.00. The molecule has 0 aromatic carbocycles. The SMILES string of the molecule is O=C(O)C1CN(Cc2cc(Br)cs2)C1. The van der Waals surface area contributed by atoms with Crippen LogP contribution in [0.4, 0.5) is 0 Å². The molecule has 1 aromatic heterocycles. The van der Waals surface area contributed by atoms with Crippen LogP contribution < -0.4 is 0 Å². The van der Waals surface area contributed by atoms with Crippen molar-refractivity contribution in [3.63, 3.8) is 0 Å². The van der Waals surface area contributed by atoms with Crippen LogP contribution in [0.15, 0.2) is 15.9 Å². The predicted molar refractivity (Wildman–Crippen MR) is 58.4 cm³/mol. The van der Waals surface area contributed by atoms with E-state index >= 15 is 0 Å². The Balaban J connectivity index is 1.82. The van der Waals surface area contributed by atoms with Crippen LogP contribution in [0.25, 0.3) is 0 Å². The molecular weight excluding hydrogens is 266 g/mol. The lowest BCUT2D eigenvalue weighted by Crippen LogP contribution is -2.49. The van der Waals surface area contributed by atoms with Gasteiger partial charge in [0.2, 0.25) is 0 Å². The number of hydrogen-bond acceptors (Lipinski definition) is 3. The fraction of sp³-hybridized carbons (Fsp3) is 0.444. The first kappa shape index (κ1) is 10.1. The minimum absolute atomic E-state index is 0.154. The van der Waals surface area contributed by atoms with Crippen molar-refractivity contribution in [2.24, 2.45) is 5.92 Å². The Kier molecular flexibility index (Phi) is 2.90. The lowest BCUT2D eigenvalue weighted by molar-refractivity contribution is -0.147. The summed E-state index contributed by atoms with van der Waals surface area (Å²) in [5.41, 5.74) is 0. The zero-order valence-electron chi connectivity index (χ0n) is 7.44. The van der Waals surface area contributed by atoms with E-state index in [9.17, 15) is 4.79 Å². The van der Waals surface area contributed by atoms with Crippen LogP contribution >= 0.6 is 27.3 Å². The van der Waals surface area contributed by atoms with E-state index in [1.165, 1.54) is 4.88 Å². The molecule has 3 nitrogen and oxygen atoms in total. The van der Waals surface area contributed by atoms with E-state index in [-0.39, 0.29) is 5.92 Å². The van der Waals surface area contributed by atoms with Crippen molar-refractivity contribution in [1.82, 2.24) is 4.90 Å². The number of nitrogens with zero attached hydrogens (tertiary/aromatic N) is 1. The maximum absolute atomic E-state index is 10.6. The lowest BCUT2D eigenvalue weighted by Gasteiger charge is -2.36. The van der Waals surface area contributed by atoms with Crippen LogP contribution in [0.5, 0.6) is 0 Å². The molecule has 2 heterocycles. The van der Waals surface area contributed by atoms with Gasteiger partial charge < -0.3 is 5.11 Å². The van der Waals surface area contributed by atoms with Crippen molar-refractivity contribution in [2.45, 2.75) is 6.54 Å². The Morgan fingerprint density at radius 2 is 2.43 bits per heavy atom. The smallest absolute Gasteiger partial charge is 0.309 e. The van der Waals surface area contributed by atoms with Crippen LogP contribution in [-0.4, -0.2) is 29.1 Å². The summed E-state index contributed by atoms with van der Waals surface area (Å²) in [6, 6.07) is 2.08. The highest BCUT2D eigenvalue weighted by molar-refractivity contribution is 9.10. The molecule has 0 amide bonds. The Morgan fingerprint density at radius 1 is 1.71 bits per heavy atom. The molecule has 1 aliphatic heterocycles. The Hall–Kier alpha value is -0.390. The van der Waals surface area contributed by atoms with Gasteiger partial charge in [-0.2, -0.15) is 0 Å². The molecule has 1 aromatic rings. The van der Waals surface area contributed by atoms with Crippen LogP contribution in [0.3, 0.4) is 0 Å². The molecule has 1 fully saturated rings. The van der Waals surface area contributed by atoms with Gasteiger partial charge in [0, 0.05) is 34.4 Å². The number of halogens is 1. The Labute approximate surface area is 94.5 Å². The maximum Gasteiger partial charge on any atom is 0.309 e. The van der Waals surface area contributed by atoms with Gasteiger partial charge in [-0.25, -0.2) is 0 Å². The maximum atomic E-state index is 10.6. The van der Waals surface area contributed by atoms with Gasteiger partial charge in [0.05, 0.1) is 5.92 Å². The molecule has 5 heteroatoms. The number of aliphatic carboxylic acids is 1. The number of carboxylic acid groups (broad SMARTS) is 1. The van der Waals surface area contributed by atoms with Crippen LogP contribution in [0.2, 0.25) is 0 Å². The highest BCUT2D eigenvalue weighted by atomic mass is 79.9. The summed E-state index contributed by atoms with van der Waals surface area (Å²) >= 11 is 5.10. The number of rotatable bonds is 3. The van der Waals surface area contributed by atoms with Gasteiger partial charge in [-0.05, 0) is 22.0 Å². The molecule has 0 spiro atoms. The third-order valence-corrected chi connectivity index (χ3v) is 3.99. The van der Waals surface area contributed by atoms with Gasteiger partial charge in [-0.1, -0.05) is 0 Å². The third kappa shape index (κ3) is 2.16. The molecule has 0 atom stereocenters. The summed E-state index contributed by atoms with van der Waals surface area (Å²) in [5, 5.41) is 10.7. The Morgan fingerprint density at radius 3 is 2.93 bits per heavy atom. The van der Waals surface area contributed by atoms with Crippen molar-refractivity contribution in [1.29, 1.82) is 0 Å².